The summed E-state index contributed by atoms with van der Waals surface area (Å²) in [6.45, 7) is 4.14. The zero-order valence-electron chi connectivity index (χ0n) is 14.7. The molecule has 2 fully saturated rings. The molecule has 24 heavy (non-hydrogen) atoms. The molecule has 1 heterocycles. The second-order valence-corrected chi connectivity index (χ2v) is 7.74. The van der Waals surface area contributed by atoms with Crippen molar-refractivity contribution >= 4 is 6.03 Å². The number of benzene rings is 1. The highest BCUT2D eigenvalue weighted by atomic mass is 16.3. The van der Waals surface area contributed by atoms with Crippen LogP contribution in [0.4, 0.5) is 4.79 Å². The molecule has 2 aliphatic rings. The van der Waals surface area contributed by atoms with Crippen molar-refractivity contribution in [2.75, 3.05) is 19.6 Å². The van der Waals surface area contributed by atoms with Gasteiger partial charge in [-0.2, -0.15) is 0 Å². The van der Waals surface area contributed by atoms with Crippen LogP contribution in [0.2, 0.25) is 0 Å². The van der Waals surface area contributed by atoms with Crippen LogP contribution in [0, 0.1) is 11.3 Å². The number of piperidine rings is 1. The molecule has 0 bridgehead atoms. The largest absolute Gasteiger partial charge is 0.393 e. The molecule has 3 rings (SSSR count). The normalized spacial score (nSPS) is 21.8. The minimum absolute atomic E-state index is 0.0679. The van der Waals surface area contributed by atoms with E-state index in [-0.39, 0.29) is 17.6 Å². The van der Waals surface area contributed by atoms with Crippen molar-refractivity contribution in [2.45, 2.75) is 51.6 Å². The molecule has 2 amide bonds. The van der Waals surface area contributed by atoms with Crippen LogP contribution in [0.25, 0.3) is 0 Å². The number of likely N-dealkylation sites (tertiary alicyclic amines) is 1. The van der Waals surface area contributed by atoms with Crippen molar-refractivity contribution in [2.24, 2.45) is 11.3 Å². The fraction of sp³-hybridized carbons (Fsp3) is 0.650. The molecule has 4 nitrogen and oxygen atoms in total. The molecule has 2 N–H and O–H groups in total. The minimum atomic E-state index is -0.265. The predicted octanol–water partition coefficient (Wildman–Crippen LogP) is 3.20. The number of aliphatic hydroxyl groups is 1. The summed E-state index contributed by atoms with van der Waals surface area (Å²) in [5.74, 6) is 0.338. The van der Waals surface area contributed by atoms with Crippen molar-refractivity contribution in [3.8, 4) is 0 Å². The summed E-state index contributed by atoms with van der Waals surface area (Å²) in [4.78, 5) is 14.4. The first-order chi connectivity index (χ1) is 11.6. The van der Waals surface area contributed by atoms with Gasteiger partial charge in [0.05, 0.1) is 6.10 Å². The van der Waals surface area contributed by atoms with E-state index in [9.17, 15) is 9.90 Å². The number of carbonyl (C=O) groups excluding carboxylic acids is 1. The Balaban J connectivity index is 1.48. The molecule has 1 atom stereocenters. The Labute approximate surface area is 145 Å². The highest BCUT2D eigenvalue weighted by Gasteiger charge is 2.37. The average molecular weight is 330 g/mol. The molecule has 4 heteroatoms. The molecule has 1 aliphatic heterocycles. The molecule has 1 aromatic carbocycles. The highest BCUT2D eigenvalue weighted by molar-refractivity contribution is 5.74. The maximum Gasteiger partial charge on any atom is 0.317 e. The molecule has 1 aliphatic carbocycles. The topological polar surface area (TPSA) is 52.6 Å². The SMILES string of the molecule is CC(O)C1CCN(C(=O)NCC2(Cc3ccccc3)CCC2)CC1. The molecule has 132 valence electrons. The van der Waals surface area contributed by atoms with Gasteiger partial charge in [-0.25, -0.2) is 4.79 Å². The Bertz CT molecular complexity index is 532. The number of hydrogen-bond donors (Lipinski definition) is 2. The smallest absolute Gasteiger partial charge is 0.317 e. The summed E-state index contributed by atoms with van der Waals surface area (Å²) in [5, 5.41) is 12.9. The zero-order valence-corrected chi connectivity index (χ0v) is 14.7. The number of nitrogens with one attached hydrogen (secondary N) is 1. The van der Waals surface area contributed by atoms with E-state index in [4.69, 9.17) is 0 Å². The second-order valence-electron chi connectivity index (χ2n) is 7.74. The van der Waals surface area contributed by atoms with Crippen molar-refractivity contribution in [1.29, 1.82) is 0 Å². The monoisotopic (exact) mass is 330 g/mol. The van der Waals surface area contributed by atoms with Gasteiger partial charge >= 0.3 is 6.03 Å². The van der Waals surface area contributed by atoms with Crippen molar-refractivity contribution < 1.29 is 9.90 Å². The Morgan fingerprint density at radius 1 is 1.29 bits per heavy atom. The van der Waals surface area contributed by atoms with Crippen LogP contribution in [-0.2, 0) is 6.42 Å². The first-order valence-corrected chi connectivity index (χ1v) is 9.33. The molecule has 1 aromatic rings. The Kier molecular flexibility index (Phi) is 5.44. The van der Waals surface area contributed by atoms with Crippen LogP contribution in [0.1, 0.15) is 44.6 Å². The summed E-state index contributed by atoms with van der Waals surface area (Å²) in [5.41, 5.74) is 1.61. The van der Waals surface area contributed by atoms with Crippen molar-refractivity contribution in [3.63, 3.8) is 0 Å². The summed E-state index contributed by atoms with van der Waals surface area (Å²) in [6.07, 6.45) is 6.26. The Morgan fingerprint density at radius 2 is 1.96 bits per heavy atom. The molecule has 0 aromatic heterocycles. The third-order valence-corrected chi connectivity index (χ3v) is 5.96. The van der Waals surface area contributed by atoms with Gasteiger partial charge in [-0.1, -0.05) is 36.8 Å². The van der Waals surface area contributed by atoms with Crippen LogP contribution in [0.15, 0.2) is 30.3 Å². The van der Waals surface area contributed by atoms with Crippen LogP contribution in [0.3, 0.4) is 0 Å². The van der Waals surface area contributed by atoms with Crippen LogP contribution >= 0.6 is 0 Å². The fourth-order valence-corrected chi connectivity index (χ4v) is 4.08. The molecular formula is C20H30N2O2. The molecule has 0 radical (unpaired) electrons. The van der Waals surface area contributed by atoms with E-state index < -0.39 is 0 Å². The lowest BCUT2D eigenvalue weighted by Crippen LogP contribution is -2.50. The quantitative estimate of drug-likeness (QED) is 0.871. The van der Waals surface area contributed by atoms with Crippen molar-refractivity contribution in [3.05, 3.63) is 35.9 Å². The van der Waals surface area contributed by atoms with E-state index in [0.717, 1.165) is 38.9 Å². The molecule has 1 saturated carbocycles. The van der Waals surface area contributed by atoms with E-state index >= 15 is 0 Å². The number of urea groups is 1. The zero-order chi connectivity index (χ0) is 17.0. The Morgan fingerprint density at radius 3 is 2.50 bits per heavy atom. The third kappa shape index (κ3) is 4.10. The number of rotatable bonds is 5. The molecule has 1 unspecified atom stereocenters. The van der Waals surface area contributed by atoms with Gasteiger partial charge in [0.1, 0.15) is 0 Å². The first-order valence-electron chi connectivity index (χ1n) is 9.33. The van der Waals surface area contributed by atoms with Gasteiger partial charge in [-0.05, 0) is 55.9 Å². The molecule has 0 spiro atoms. The summed E-state index contributed by atoms with van der Waals surface area (Å²) >= 11 is 0. The van der Waals surface area contributed by atoms with Gasteiger partial charge in [0, 0.05) is 19.6 Å². The van der Waals surface area contributed by atoms with Crippen LogP contribution in [0.5, 0.6) is 0 Å². The lowest BCUT2D eigenvalue weighted by atomic mass is 9.65. The van der Waals surface area contributed by atoms with Gasteiger partial charge < -0.3 is 15.3 Å². The first kappa shape index (κ1) is 17.3. The van der Waals surface area contributed by atoms with Crippen LogP contribution < -0.4 is 5.32 Å². The number of hydrogen-bond acceptors (Lipinski definition) is 2. The summed E-state index contributed by atoms with van der Waals surface area (Å²) < 4.78 is 0. The van der Waals surface area contributed by atoms with Gasteiger partial charge in [0.15, 0.2) is 0 Å². The number of nitrogens with zero attached hydrogens (tertiary/aromatic N) is 1. The van der Waals surface area contributed by atoms with Crippen molar-refractivity contribution in [1.82, 2.24) is 10.2 Å². The standard InChI is InChI=1S/C20H30N2O2/c1-16(23)18-8-12-22(13-9-18)19(24)21-15-20(10-5-11-20)14-17-6-3-2-4-7-17/h2-4,6-7,16,18,23H,5,8-15H2,1H3,(H,21,24). The predicted molar refractivity (Wildman–Crippen MR) is 95.8 cm³/mol. The number of carbonyl (C=O) groups is 1. The number of amides is 2. The average Bonchev–Trinajstić information content (AvgIpc) is 2.58. The number of aliphatic hydroxyl groups excluding tert-OH is 1. The van der Waals surface area contributed by atoms with Gasteiger partial charge in [-0.15, -0.1) is 0 Å². The maximum absolute atomic E-state index is 12.5. The van der Waals surface area contributed by atoms with Crippen LogP contribution in [-0.4, -0.2) is 41.8 Å². The molecule has 1 saturated heterocycles. The van der Waals surface area contributed by atoms with E-state index in [1.54, 1.807) is 0 Å². The Hall–Kier alpha value is -1.55. The fourth-order valence-electron chi connectivity index (χ4n) is 4.08. The summed E-state index contributed by atoms with van der Waals surface area (Å²) in [7, 11) is 0. The highest BCUT2D eigenvalue weighted by Crippen LogP contribution is 2.43. The van der Waals surface area contributed by atoms with E-state index in [2.05, 4.69) is 35.6 Å². The van der Waals surface area contributed by atoms with Gasteiger partial charge in [0.25, 0.3) is 0 Å². The minimum Gasteiger partial charge on any atom is -0.393 e. The van der Waals surface area contributed by atoms with E-state index in [0.29, 0.717) is 5.92 Å². The third-order valence-electron chi connectivity index (χ3n) is 5.96. The van der Waals surface area contributed by atoms with E-state index in [1.165, 1.54) is 24.8 Å². The maximum atomic E-state index is 12.5. The summed E-state index contributed by atoms with van der Waals surface area (Å²) in [6, 6.07) is 10.7. The van der Waals surface area contributed by atoms with Gasteiger partial charge in [0.2, 0.25) is 0 Å². The van der Waals surface area contributed by atoms with E-state index in [1.807, 2.05) is 11.8 Å². The van der Waals surface area contributed by atoms with Gasteiger partial charge in [-0.3, -0.25) is 0 Å². The molecular weight excluding hydrogens is 300 g/mol. The lowest BCUT2D eigenvalue weighted by molar-refractivity contribution is 0.0771. The second kappa shape index (κ2) is 7.56. The lowest BCUT2D eigenvalue weighted by Gasteiger charge is -2.43.